The minimum atomic E-state index is -1.19. The Kier molecular flexibility index (Phi) is 4.81. The monoisotopic (exact) mass is 360 g/mol. The highest BCUT2D eigenvalue weighted by Gasteiger charge is 2.39. The molecule has 1 aromatic carbocycles. The number of aliphatic hydroxyl groups is 1. The van der Waals surface area contributed by atoms with E-state index in [-0.39, 0.29) is 19.4 Å². The lowest BCUT2D eigenvalue weighted by Gasteiger charge is -2.23. The number of carboxylic acids is 1. The number of nitrogens with one attached hydrogen (secondary N) is 2. The average molecular weight is 360 g/mol. The van der Waals surface area contributed by atoms with Gasteiger partial charge in [0.1, 0.15) is 12.1 Å². The minimum Gasteiger partial charge on any atom is -0.480 e. The first kappa shape index (κ1) is 17.7. The zero-order valence-corrected chi connectivity index (χ0v) is 13.9. The van der Waals surface area contributed by atoms with Crippen LogP contribution in [0.5, 0.6) is 0 Å². The first-order chi connectivity index (χ1) is 12.4. The molecule has 138 valence electrons. The number of urea groups is 1. The predicted octanol–water partition coefficient (Wildman–Crippen LogP) is -0.206. The molecule has 2 aromatic rings. The van der Waals surface area contributed by atoms with E-state index in [0.717, 1.165) is 21.4 Å². The zero-order valence-electron chi connectivity index (χ0n) is 13.9. The van der Waals surface area contributed by atoms with Crippen molar-refractivity contribution < 1.29 is 24.6 Å². The van der Waals surface area contributed by atoms with Crippen molar-refractivity contribution in [1.29, 1.82) is 0 Å². The highest BCUT2D eigenvalue weighted by molar-refractivity contribution is 5.91. The molecule has 1 aromatic heterocycles. The van der Waals surface area contributed by atoms with Crippen molar-refractivity contribution >= 4 is 28.8 Å². The molecular weight excluding hydrogens is 340 g/mol. The number of benzene rings is 1. The molecule has 0 radical (unpaired) electrons. The van der Waals surface area contributed by atoms with E-state index >= 15 is 0 Å². The van der Waals surface area contributed by atoms with Crippen molar-refractivity contribution in [1.82, 2.24) is 15.2 Å². The van der Waals surface area contributed by atoms with E-state index in [1.54, 1.807) is 6.20 Å². The number of aromatic nitrogens is 1. The smallest absolute Gasteiger partial charge is 0.326 e. The summed E-state index contributed by atoms with van der Waals surface area (Å²) in [6, 6.07) is 4.47. The predicted molar refractivity (Wildman–Crippen MR) is 92.3 cm³/mol. The third kappa shape index (κ3) is 3.47. The van der Waals surface area contributed by atoms with Crippen molar-refractivity contribution in [2.24, 2.45) is 5.73 Å². The fourth-order valence-electron chi connectivity index (χ4n) is 3.29. The molecule has 1 unspecified atom stereocenters. The number of carboxylic acid groups (broad SMARTS) is 1. The summed E-state index contributed by atoms with van der Waals surface area (Å²) in [4.78, 5) is 39.6. The molecule has 2 heterocycles. The second-order valence-corrected chi connectivity index (χ2v) is 6.36. The van der Waals surface area contributed by atoms with Gasteiger partial charge in [0.25, 0.3) is 0 Å². The van der Waals surface area contributed by atoms with Crippen LogP contribution in [-0.4, -0.2) is 62.7 Å². The molecular formula is C17H20N4O5. The van der Waals surface area contributed by atoms with Gasteiger partial charge in [0.15, 0.2) is 0 Å². The van der Waals surface area contributed by atoms with Gasteiger partial charge < -0.3 is 31.1 Å². The first-order valence-corrected chi connectivity index (χ1v) is 8.19. The van der Waals surface area contributed by atoms with Gasteiger partial charge in [-0.25, -0.2) is 9.59 Å². The lowest BCUT2D eigenvalue weighted by atomic mass is 10.0. The Hall–Kier alpha value is -3.07. The number of para-hydroxylation sites is 1. The van der Waals surface area contributed by atoms with Crippen LogP contribution in [0.2, 0.25) is 0 Å². The number of carbonyl (C=O) groups excluding carboxylic acids is 2. The van der Waals surface area contributed by atoms with Gasteiger partial charge >= 0.3 is 12.0 Å². The van der Waals surface area contributed by atoms with Gasteiger partial charge in [0.2, 0.25) is 5.91 Å². The van der Waals surface area contributed by atoms with Crippen LogP contribution in [0.4, 0.5) is 4.79 Å². The van der Waals surface area contributed by atoms with Crippen molar-refractivity contribution in [3.05, 3.63) is 36.0 Å². The summed E-state index contributed by atoms with van der Waals surface area (Å²) in [5.41, 5.74) is 6.85. The van der Waals surface area contributed by atoms with E-state index < -0.39 is 36.1 Å². The Balaban J connectivity index is 1.75. The second kappa shape index (κ2) is 7.04. The summed E-state index contributed by atoms with van der Waals surface area (Å²) in [6.07, 6.45) is 0.947. The number of carbonyl (C=O) groups is 3. The van der Waals surface area contributed by atoms with Gasteiger partial charge in [0, 0.05) is 36.5 Å². The maximum Gasteiger partial charge on any atom is 0.326 e. The van der Waals surface area contributed by atoms with Gasteiger partial charge in [-0.3, -0.25) is 4.79 Å². The van der Waals surface area contributed by atoms with Gasteiger partial charge in [-0.2, -0.15) is 0 Å². The molecule has 6 N–H and O–H groups in total. The normalized spacial score (nSPS) is 20.9. The van der Waals surface area contributed by atoms with Crippen LogP contribution in [-0.2, 0) is 16.0 Å². The van der Waals surface area contributed by atoms with E-state index in [1.807, 2.05) is 24.3 Å². The summed E-state index contributed by atoms with van der Waals surface area (Å²) >= 11 is 0. The minimum absolute atomic E-state index is 0.0220. The maximum absolute atomic E-state index is 12.5. The van der Waals surface area contributed by atoms with Crippen molar-refractivity contribution in [2.75, 3.05) is 6.54 Å². The Morgan fingerprint density at radius 3 is 2.77 bits per heavy atom. The van der Waals surface area contributed by atoms with Gasteiger partial charge in [0.05, 0.1) is 6.10 Å². The number of rotatable bonds is 5. The van der Waals surface area contributed by atoms with Crippen LogP contribution in [0.15, 0.2) is 30.5 Å². The van der Waals surface area contributed by atoms with Gasteiger partial charge in [-0.1, -0.05) is 18.2 Å². The van der Waals surface area contributed by atoms with E-state index in [2.05, 4.69) is 10.3 Å². The van der Waals surface area contributed by atoms with Crippen molar-refractivity contribution in [3.8, 4) is 0 Å². The lowest BCUT2D eigenvalue weighted by Crippen LogP contribution is -2.52. The number of hydrogen-bond donors (Lipinski definition) is 5. The van der Waals surface area contributed by atoms with Gasteiger partial charge in [-0.05, 0) is 11.6 Å². The largest absolute Gasteiger partial charge is 0.480 e. The van der Waals surface area contributed by atoms with Crippen molar-refractivity contribution in [3.63, 3.8) is 0 Å². The number of nitrogens with two attached hydrogens (primary N) is 1. The average Bonchev–Trinajstić information content (AvgIpc) is 3.18. The molecule has 9 heteroatoms. The fourth-order valence-corrected chi connectivity index (χ4v) is 3.29. The third-order valence-electron chi connectivity index (χ3n) is 4.58. The third-order valence-corrected chi connectivity index (χ3v) is 4.58. The highest BCUT2D eigenvalue weighted by Crippen LogP contribution is 2.21. The second-order valence-electron chi connectivity index (χ2n) is 6.36. The number of hydrogen-bond acceptors (Lipinski definition) is 4. The number of nitrogens with zero attached hydrogens (tertiary/aromatic N) is 1. The summed E-state index contributed by atoms with van der Waals surface area (Å²) in [7, 11) is 0. The van der Waals surface area contributed by atoms with Crippen LogP contribution >= 0.6 is 0 Å². The van der Waals surface area contributed by atoms with E-state index in [1.165, 1.54) is 0 Å². The fraction of sp³-hybridized carbons (Fsp3) is 0.353. The maximum atomic E-state index is 12.5. The molecule has 0 aliphatic carbocycles. The number of aliphatic carboxylic acids is 1. The number of β-amino-alcohol motifs (C(OH)–C–C–N with tert-alkyl or cyclic N) is 1. The molecule has 1 saturated heterocycles. The SMILES string of the molecule is NC(=O)N1C[C@@H](O)C[C@@H]1C(=O)NC(Cc1c[nH]c2ccccc12)C(=O)O. The Bertz CT molecular complexity index is 849. The number of aromatic amines is 1. The number of fused-ring (bicyclic) bond motifs is 1. The molecule has 3 amide bonds. The van der Waals surface area contributed by atoms with E-state index in [0.29, 0.717) is 0 Å². The Morgan fingerprint density at radius 1 is 1.35 bits per heavy atom. The van der Waals surface area contributed by atoms with E-state index in [9.17, 15) is 24.6 Å². The molecule has 1 aliphatic rings. The van der Waals surface area contributed by atoms with Crippen LogP contribution in [0, 0.1) is 0 Å². The number of primary amides is 1. The highest BCUT2D eigenvalue weighted by atomic mass is 16.4. The molecule has 0 saturated carbocycles. The summed E-state index contributed by atoms with van der Waals surface area (Å²) < 4.78 is 0. The molecule has 0 spiro atoms. The zero-order chi connectivity index (χ0) is 18.8. The molecule has 9 nitrogen and oxygen atoms in total. The number of aliphatic hydroxyl groups excluding tert-OH is 1. The number of likely N-dealkylation sites (tertiary alicyclic amines) is 1. The first-order valence-electron chi connectivity index (χ1n) is 8.19. The molecule has 0 bridgehead atoms. The number of H-pyrrole nitrogens is 1. The van der Waals surface area contributed by atoms with Crippen molar-refractivity contribution in [2.45, 2.75) is 31.0 Å². The lowest BCUT2D eigenvalue weighted by molar-refractivity contribution is -0.142. The quantitative estimate of drug-likeness (QED) is 0.500. The van der Waals surface area contributed by atoms with Gasteiger partial charge in [-0.15, -0.1) is 0 Å². The van der Waals surface area contributed by atoms with Crippen LogP contribution in [0.1, 0.15) is 12.0 Å². The molecule has 26 heavy (non-hydrogen) atoms. The molecule has 1 aliphatic heterocycles. The Labute approximate surface area is 148 Å². The summed E-state index contributed by atoms with van der Waals surface area (Å²) in [5.74, 6) is -1.83. The standard InChI is InChI=1S/C17H20N4O5/c18-17(26)21-8-10(22)6-14(21)15(23)20-13(16(24)25)5-9-7-19-12-4-2-1-3-11(9)12/h1-4,7,10,13-14,19,22H,5-6,8H2,(H2,18,26)(H,20,23)(H,24,25)/t10-,13?,14+/m0/s1. The Morgan fingerprint density at radius 2 is 2.08 bits per heavy atom. The molecule has 1 fully saturated rings. The molecule has 3 atom stereocenters. The van der Waals surface area contributed by atoms with Crippen LogP contribution in [0.25, 0.3) is 10.9 Å². The molecule has 3 rings (SSSR count). The summed E-state index contributed by atoms with van der Waals surface area (Å²) in [6.45, 7) is -0.0480. The number of amides is 3. The summed E-state index contributed by atoms with van der Waals surface area (Å²) in [5, 5.41) is 22.5. The topological polar surface area (TPSA) is 149 Å². The van der Waals surface area contributed by atoms with Crippen LogP contribution < -0.4 is 11.1 Å². The van der Waals surface area contributed by atoms with E-state index in [4.69, 9.17) is 5.73 Å². The van der Waals surface area contributed by atoms with Crippen LogP contribution in [0.3, 0.4) is 0 Å².